The van der Waals surface area contributed by atoms with Crippen molar-refractivity contribution in [2.75, 3.05) is 39.0 Å². The number of halogens is 5. The van der Waals surface area contributed by atoms with Gasteiger partial charge >= 0.3 is 0 Å². The molecule has 0 bridgehead atoms. The van der Waals surface area contributed by atoms with Crippen molar-refractivity contribution in [2.24, 2.45) is 5.41 Å². The van der Waals surface area contributed by atoms with E-state index in [-0.39, 0.29) is 36.6 Å². The Bertz CT molecular complexity index is 1440. The van der Waals surface area contributed by atoms with Gasteiger partial charge in [0.05, 0.1) is 49.8 Å². The Morgan fingerprint density at radius 3 is 2.63 bits per heavy atom. The van der Waals surface area contributed by atoms with Gasteiger partial charge in [-0.05, 0) is 48.6 Å². The Hall–Kier alpha value is -2.41. The number of ether oxygens (including phenoxy) is 2. The number of carbonyl (C=O) groups excluding carboxylic acids is 2. The van der Waals surface area contributed by atoms with Crippen molar-refractivity contribution >= 4 is 40.7 Å². The lowest BCUT2D eigenvalue weighted by Crippen LogP contribution is -2.70. The van der Waals surface area contributed by atoms with E-state index in [1.165, 1.54) is 25.3 Å². The Balaban J connectivity index is 1.49. The van der Waals surface area contributed by atoms with Gasteiger partial charge < -0.3 is 25.2 Å². The zero-order valence-corrected chi connectivity index (χ0v) is 24.8. The molecule has 6 rings (SSSR count). The molecule has 1 aliphatic carbocycles. The molecule has 0 radical (unpaired) electrons. The van der Waals surface area contributed by atoms with Gasteiger partial charge in [0.15, 0.2) is 0 Å². The molecule has 2 aromatic carbocycles. The zero-order chi connectivity index (χ0) is 30.7. The fourth-order valence-electron chi connectivity index (χ4n) is 8.02. The molecule has 43 heavy (non-hydrogen) atoms. The molecule has 1 saturated carbocycles. The number of fused-ring (bicyclic) bond motifs is 3. The third kappa shape index (κ3) is 4.49. The normalized spacial score (nSPS) is 32.0. The molecule has 2 spiro atoms. The van der Waals surface area contributed by atoms with Gasteiger partial charge in [-0.3, -0.25) is 23.7 Å². The first kappa shape index (κ1) is 30.6. The maximum absolute atomic E-state index is 16.0. The molecule has 2 amide bonds. The quantitative estimate of drug-likeness (QED) is 0.366. The lowest BCUT2D eigenvalue weighted by Gasteiger charge is -2.59. The molecule has 8 nitrogen and oxygen atoms in total. The van der Waals surface area contributed by atoms with Gasteiger partial charge in [0.2, 0.25) is 11.8 Å². The van der Waals surface area contributed by atoms with Crippen LogP contribution in [0.2, 0.25) is 10.0 Å². The van der Waals surface area contributed by atoms with Crippen LogP contribution in [0.3, 0.4) is 0 Å². The number of rotatable bonds is 7. The van der Waals surface area contributed by atoms with Crippen LogP contribution in [-0.4, -0.2) is 80.4 Å². The topological polar surface area (TPSA) is 109 Å². The summed E-state index contributed by atoms with van der Waals surface area (Å²) in [5.41, 5.74) is -3.47. The second kappa shape index (κ2) is 11.2. The number of methoxy groups -OCH3 is 1. The number of aliphatic hydroxyl groups excluding tert-OH is 1. The second-order valence-corrected chi connectivity index (χ2v) is 13.0. The predicted octanol–water partition coefficient (Wildman–Crippen LogP) is 3.82. The molecule has 4 N–H and O–H groups in total. The van der Waals surface area contributed by atoms with Crippen molar-refractivity contribution in [3.05, 3.63) is 63.4 Å². The molecule has 3 fully saturated rings. The molecule has 13 heteroatoms. The average molecular weight is 643 g/mol. The number of anilines is 1. The van der Waals surface area contributed by atoms with E-state index >= 15 is 4.39 Å². The lowest BCUT2D eigenvalue weighted by molar-refractivity contribution is -0.135. The van der Waals surface area contributed by atoms with E-state index in [2.05, 4.69) is 16.0 Å². The van der Waals surface area contributed by atoms with E-state index in [4.69, 9.17) is 32.7 Å². The molecule has 2 aromatic rings. The van der Waals surface area contributed by atoms with Gasteiger partial charge in [0.25, 0.3) is 0 Å². The van der Waals surface area contributed by atoms with Gasteiger partial charge in [-0.1, -0.05) is 41.4 Å². The highest BCUT2D eigenvalue weighted by atomic mass is 35.5. The maximum atomic E-state index is 16.0. The smallest absolute Gasteiger partial charge is 0.238 e. The van der Waals surface area contributed by atoms with E-state index in [0.717, 1.165) is 0 Å². The highest BCUT2D eigenvalue weighted by molar-refractivity contribution is 6.31. The van der Waals surface area contributed by atoms with Crippen LogP contribution in [0.25, 0.3) is 0 Å². The van der Waals surface area contributed by atoms with E-state index in [9.17, 15) is 23.5 Å². The molecule has 6 atom stereocenters. The number of amides is 2. The highest BCUT2D eigenvalue weighted by Gasteiger charge is 2.78. The summed E-state index contributed by atoms with van der Waals surface area (Å²) in [6.45, 7) is -2.09. The van der Waals surface area contributed by atoms with Crippen LogP contribution in [0.5, 0.6) is 0 Å². The van der Waals surface area contributed by atoms with Gasteiger partial charge in [-0.25, -0.2) is 4.39 Å². The summed E-state index contributed by atoms with van der Waals surface area (Å²) in [5.74, 6) is -3.05. The summed E-state index contributed by atoms with van der Waals surface area (Å²) in [6, 6.07) is 7.43. The molecule has 2 saturated heterocycles. The van der Waals surface area contributed by atoms with E-state index in [1.54, 1.807) is 18.2 Å². The van der Waals surface area contributed by atoms with Crippen molar-refractivity contribution in [3.8, 4) is 0 Å². The predicted molar refractivity (Wildman–Crippen MR) is 153 cm³/mol. The van der Waals surface area contributed by atoms with E-state index < -0.39 is 77.6 Å². The molecular weight excluding hydrogens is 610 g/mol. The van der Waals surface area contributed by atoms with Crippen molar-refractivity contribution < 1.29 is 37.3 Å². The Kier molecular flexibility index (Phi) is 7.96. The number of benzene rings is 2. The van der Waals surface area contributed by atoms with Gasteiger partial charge in [0, 0.05) is 34.7 Å². The summed E-state index contributed by atoms with van der Waals surface area (Å²) < 4.78 is 55.7. The maximum Gasteiger partial charge on any atom is 0.238 e. The highest BCUT2D eigenvalue weighted by Crippen LogP contribution is 2.68. The standard InChI is InChI=1S/C30H32Cl2F3N3O5/c1-42-21-8-16(10-43-22(21)9-39)36-26(40)25-23(17-3-2-4-19(32)24(17)35)30(29(38-25)11-28(12-29,13-33)14-34)18-6-5-15(31)7-20(18)37-27(30)41/h2-7,16,21-23,25,38-39H,8-14H2,1H3,(H,36,40)(H,37,41)/t16-,21-,22-,23+,25-,30-/m1/s1. The third-order valence-corrected chi connectivity index (χ3v) is 10.3. The van der Waals surface area contributed by atoms with Crippen LogP contribution in [0.15, 0.2) is 36.4 Å². The fraction of sp³-hybridized carbons (Fsp3) is 0.533. The monoisotopic (exact) mass is 641 g/mol. The third-order valence-electron chi connectivity index (χ3n) is 9.79. The number of aliphatic hydroxyl groups is 1. The fourth-order valence-corrected chi connectivity index (χ4v) is 8.37. The minimum Gasteiger partial charge on any atom is -0.394 e. The number of nitrogens with one attached hydrogen (secondary N) is 3. The SMILES string of the molecule is CO[C@@H]1C[C@@H](NC(=O)[C@@H]2NC3(CC(CF)(CF)C3)[C@@]3(C(=O)Nc4cc(Cl)ccc43)[C@H]2c2cccc(Cl)c2F)CO[C@@H]1CO. The minimum absolute atomic E-state index is 0.0166. The van der Waals surface area contributed by atoms with Crippen LogP contribution in [0, 0.1) is 11.2 Å². The first-order chi connectivity index (χ1) is 20.6. The van der Waals surface area contributed by atoms with Crippen LogP contribution in [-0.2, 0) is 24.5 Å². The first-order valence-corrected chi connectivity index (χ1v) is 14.8. The summed E-state index contributed by atoms with van der Waals surface area (Å²) in [4.78, 5) is 28.5. The lowest BCUT2D eigenvalue weighted by atomic mass is 9.46. The van der Waals surface area contributed by atoms with Gasteiger partial charge in [0.1, 0.15) is 17.3 Å². The van der Waals surface area contributed by atoms with Crippen molar-refractivity contribution in [1.82, 2.24) is 10.6 Å². The molecule has 0 unspecified atom stereocenters. The molecule has 3 heterocycles. The van der Waals surface area contributed by atoms with E-state index in [1.807, 2.05) is 0 Å². The molecule has 0 aromatic heterocycles. The molecular formula is C30H32Cl2F3N3O5. The van der Waals surface area contributed by atoms with Crippen LogP contribution >= 0.6 is 23.2 Å². The number of alkyl halides is 2. The summed E-state index contributed by atoms with van der Waals surface area (Å²) in [7, 11) is 1.48. The van der Waals surface area contributed by atoms with E-state index in [0.29, 0.717) is 22.7 Å². The van der Waals surface area contributed by atoms with Crippen molar-refractivity contribution in [1.29, 1.82) is 0 Å². The molecule has 232 valence electrons. The van der Waals surface area contributed by atoms with Crippen LogP contribution in [0.4, 0.5) is 18.9 Å². The largest absolute Gasteiger partial charge is 0.394 e. The Morgan fingerprint density at radius 2 is 1.95 bits per heavy atom. The van der Waals surface area contributed by atoms with Crippen LogP contribution in [0.1, 0.15) is 36.3 Å². The van der Waals surface area contributed by atoms with Crippen molar-refractivity contribution in [2.45, 2.75) is 60.4 Å². The average Bonchev–Trinajstić information content (AvgIpc) is 3.45. The summed E-state index contributed by atoms with van der Waals surface area (Å²) in [5, 5.41) is 18.9. The molecule has 4 aliphatic rings. The van der Waals surface area contributed by atoms with Crippen molar-refractivity contribution in [3.63, 3.8) is 0 Å². The Labute approximate surface area is 256 Å². The number of hydrogen-bond acceptors (Lipinski definition) is 6. The van der Waals surface area contributed by atoms with Gasteiger partial charge in [-0.15, -0.1) is 0 Å². The Morgan fingerprint density at radius 1 is 1.21 bits per heavy atom. The van der Waals surface area contributed by atoms with Crippen LogP contribution < -0.4 is 16.0 Å². The summed E-state index contributed by atoms with van der Waals surface area (Å²) in [6.07, 6.45) is -0.930. The van der Waals surface area contributed by atoms with Gasteiger partial charge in [-0.2, -0.15) is 0 Å². The minimum atomic E-state index is -1.64. The number of hydrogen-bond donors (Lipinski definition) is 4. The molecule has 3 aliphatic heterocycles. The second-order valence-electron chi connectivity index (χ2n) is 12.2. The zero-order valence-electron chi connectivity index (χ0n) is 23.3. The first-order valence-electron chi connectivity index (χ1n) is 14.1. The summed E-state index contributed by atoms with van der Waals surface area (Å²) >= 11 is 12.5. The number of carbonyl (C=O) groups is 2.